The summed E-state index contributed by atoms with van der Waals surface area (Å²) in [6.45, 7) is 4.81. The average Bonchev–Trinajstić information content (AvgIpc) is 2.98. The van der Waals surface area contributed by atoms with Gasteiger partial charge in [0.15, 0.2) is 0 Å². The molecule has 0 fully saturated rings. The van der Waals surface area contributed by atoms with Crippen LogP contribution in [0.1, 0.15) is 31.2 Å². The Morgan fingerprint density at radius 3 is 2.65 bits per heavy atom. The van der Waals surface area contributed by atoms with E-state index in [4.69, 9.17) is 0 Å². The van der Waals surface area contributed by atoms with Gasteiger partial charge in [0, 0.05) is 31.2 Å². The van der Waals surface area contributed by atoms with Crippen molar-refractivity contribution in [3.63, 3.8) is 0 Å². The lowest BCUT2D eigenvalue weighted by Gasteiger charge is -2.27. The topological polar surface area (TPSA) is 62.5 Å². The second-order valence-electron chi connectivity index (χ2n) is 6.07. The number of nitrogens with one attached hydrogen (secondary N) is 1. The van der Waals surface area contributed by atoms with Gasteiger partial charge >= 0.3 is 0 Å². The summed E-state index contributed by atoms with van der Waals surface area (Å²) in [6.07, 6.45) is 5.07. The predicted octanol–water partition coefficient (Wildman–Crippen LogP) is 2.58. The summed E-state index contributed by atoms with van der Waals surface area (Å²) in [5, 5.41) is 14.1. The molecular weight excluding hydrogens is 288 g/mol. The van der Waals surface area contributed by atoms with E-state index in [9.17, 15) is 5.11 Å². The summed E-state index contributed by atoms with van der Waals surface area (Å²) < 4.78 is 1.90. The Morgan fingerprint density at radius 1 is 1.17 bits per heavy atom. The van der Waals surface area contributed by atoms with Crippen LogP contribution in [0.5, 0.6) is 0 Å². The first kappa shape index (κ1) is 15.6. The summed E-state index contributed by atoms with van der Waals surface area (Å²) >= 11 is 0. The van der Waals surface area contributed by atoms with Gasteiger partial charge in [-0.25, -0.2) is 9.97 Å². The van der Waals surface area contributed by atoms with E-state index in [1.54, 1.807) is 6.20 Å². The lowest BCUT2D eigenvalue weighted by molar-refractivity contribution is 0.104. The molecule has 3 rings (SSSR count). The number of fused-ring (bicyclic) bond motifs is 1. The zero-order valence-electron chi connectivity index (χ0n) is 13.4. The number of aromatic nitrogens is 3. The number of benzene rings is 1. The van der Waals surface area contributed by atoms with Crippen molar-refractivity contribution in [2.24, 2.45) is 5.92 Å². The van der Waals surface area contributed by atoms with Crippen molar-refractivity contribution < 1.29 is 5.11 Å². The number of nitrogens with zero attached hydrogens (tertiary/aromatic N) is 3. The van der Waals surface area contributed by atoms with Gasteiger partial charge in [0.2, 0.25) is 5.78 Å². The molecule has 0 bridgehead atoms. The van der Waals surface area contributed by atoms with Gasteiger partial charge in [0.25, 0.3) is 0 Å². The van der Waals surface area contributed by atoms with Gasteiger partial charge in [-0.05, 0) is 17.5 Å². The smallest absolute Gasteiger partial charge is 0.233 e. The quantitative estimate of drug-likeness (QED) is 0.734. The van der Waals surface area contributed by atoms with E-state index in [-0.39, 0.29) is 6.04 Å². The molecule has 3 aromatic rings. The van der Waals surface area contributed by atoms with Crippen LogP contribution in [0.4, 0.5) is 0 Å². The monoisotopic (exact) mass is 310 g/mol. The van der Waals surface area contributed by atoms with Crippen LogP contribution >= 0.6 is 0 Å². The molecule has 1 aromatic carbocycles. The fraction of sp³-hybridized carbons (Fsp3) is 0.333. The van der Waals surface area contributed by atoms with Gasteiger partial charge in [-0.3, -0.25) is 4.40 Å². The molecule has 0 aliphatic rings. The van der Waals surface area contributed by atoms with Gasteiger partial charge in [-0.2, -0.15) is 0 Å². The molecule has 0 aliphatic heterocycles. The molecule has 0 unspecified atom stereocenters. The number of hydrogen-bond acceptors (Lipinski definition) is 4. The normalized spacial score (nSPS) is 14.3. The molecule has 2 heterocycles. The largest absolute Gasteiger partial charge is 0.387 e. The molecule has 5 nitrogen and oxygen atoms in total. The molecule has 2 N–H and O–H groups in total. The Bertz CT molecular complexity index is 721. The maximum atomic E-state index is 10.7. The first-order valence-corrected chi connectivity index (χ1v) is 7.90. The first-order chi connectivity index (χ1) is 11.1. The molecule has 23 heavy (non-hydrogen) atoms. The highest BCUT2D eigenvalue weighted by Gasteiger charge is 2.23. The Labute approximate surface area is 136 Å². The van der Waals surface area contributed by atoms with Crippen LogP contribution in [0.3, 0.4) is 0 Å². The van der Waals surface area contributed by atoms with Crippen LogP contribution in [-0.2, 0) is 6.54 Å². The molecule has 120 valence electrons. The zero-order valence-corrected chi connectivity index (χ0v) is 13.4. The third-order valence-electron chi connectivity index (χ3n) is 4.00. The van der Waals surface area contributed by atoms with Crippen molar-refractivity contribution >= 4 is 5.78 Å². The maximum absolute atomic E-state index is 10.7. The molecule has 0 saturated carbocycles. The van der Waals surface area contributed by atoms with Gasteiger partial charge in [0.1, 0.15) is 0 Å². The predicted molar refractivity (Wildman–Crippen MR) is 89.9 cm³/mol. The van der Waals surface area contributed by atoms with Gasteiger partial charge < -0.3 is 10.4 Å². The molecule has 5 heteroatoms. The molecule has 0 aliphatic carbocycles. The van der Waals surface area contributed by atoms with Crippen molar-refractivity contribution in [1.82, 2.24) is 19.7 Å². The van der Waals surface area contributed by atoms with Crippen LogP contribution < -0.4 is 5.32 Å². The zero-order chi connectivity index (χ0) is 16.2. The van der Waals surface area contributed by atoms with E-state index in [0.717, 1.165) is 11.3 Å². The second-order valence-corrected chi connectivity index (χ2v) is 6.07. The fourth-order valence-electron chi connectivity index (χ4n) is 2.76. The number of imidazole rings is 1. The van der Waals surface area contributed by atoms with E-state index in [1.807, 2.05) is 53.2 Å². The highest BCUT2D eigenvalue weighted by Crippen LogP contribution is 2.22. The van der Waals surface area contributed by atoms with Crippen molar-refractivity contribution in [3.05, 3.63) is 66.2 Å². The van der Waals surface area contributed by atoms with Crippen molar-refractivity contribution in [3.8, 4) is 0 Å². The maximum Gasteiger partial charge on any atom is 0.233 e. The average molecular weight is 310 g/mol. The lowest BCUT2D eigenvalue weighted by atomic mass is 9.93. The van der Waals surface area contributed by atoms with Crippen LogP contribution in [0.15, 0.2) is 55.0 Å². The van der Waals surface area contributed by atoms with Crippen LogP contribution in [-0.4, -0.2) is 25.5 Å². The third-order valence-corrected chi connectivity index (χ3v) is 4.00. The minimum atomic E-state index is -0.550. The van der Waals surface area contributed by atoms with E-state index in [2.05, 4.69) is 29.1 Å². The first-order valence-electron chi connectivity index (χ1n) is 7.90. The minimum absolute atomic E-state index is 0.0461. The van der Waals surface area contributed by atoms with Crippen LogP contribution in [0, 0.1) is 5.92 Å². The highest BCUT2D eigenvalue weighted by atomic mass is 16.3. The SMILES string of the molecule is CC(C)[C@H](NCc1cn2cccnc2n1)[C@H](O)c1ccccc1. The van der Waals surface area contributed by atoms with Crippen molar-refractivity contribution in [2.75, 3.05) is 0 Å². The Balaban J connectivity index is 1.72. The van der Waals surface area contributed by atoms with Crippen LogP contribution in [0.25, 0.3) is 5.78 Å². The van der Waals surface area contributed by atoms with Crippen molar-refractivity contribution in [1.29, 1.82) is 0 Å². The van der Waals surface area contributed by atoms with Crippen LogP contribution in [0.2, 0.25) is 0 Å². The molecule has 0 saturated heterocycles. The number of aliphatic hydroxyl groups is 1. The van der Waals surface area contributed by atoms with E-state index >= 15 is 0 Å². The molecule has 2 atom stereocenters. The highest BCUT2D eigenvalue weighted by molar-refractivity contribution is 5.29. The molecule has 0 spiro atoms. The summed E-state index contributed by atoms with van der Waals surface area (Å²) in [5.74, 6) is 0.981. The standard InChI is InChI=1S/C18H22N4O/c1-13(2)16(17(23)14-7-4-3-5-8-14)20-11-15-12-22-10-6-9-19-18(22)21-15/h3-10,12-13,16-17,20,23H,11H2,1-2H3/t16-,17+/m0/s1. The summed E-state index contributed by atoms with van der Waals surface area (Å²) in [6, 6.07) is 11.6. The van der Waals surface area contributed by atoms with E-state index in [1.165, 1.54) is 0 Å². The molecular formula is C18H22N4O. The van der Waals surface area contributed by atoms with E-state index < -0.39 is 6.10 Å². The minimum Gasteiger partial charge on any atom is -0.387 e. The Morgan fingerprint density at radius 2 is 1.96 bits per heavy atom. The van der Waals surface area contributed by atoms with Gasteiger partial charge in [0.05, 0.1) is 11.8 Å². The fourth-order valence-corrected chi connectivity index (χ4v) is 2.76. The van der Waals surface area contributed by atoms with E-state index in [0.29, 0.717) is 18.2 Å². The van der Waals surface area contributed by atoms with Gasteiger partial charge in [-0.15, -0.1) is 0 Å². The third kappa shape index (κ3) is 3.57. The number of rotatable bonds is 6. The lowest BCUT2D eigenvalue weighted by Crippen LogP contribution is -2.39. The Kier molecular flexibility index (Phi) is 4.69. The second kappa shape index (κ2) is 6.89. The summed E-state index contributed by atoms with van der Waals surface area (Å²) in [5.41, 5.74) is 1.84. The van der Waals surface area contributed by atoms with Crippen molar-refractivity contribution in [2.45, 2.75) is 32.5 Å². The number of aliphatic hydroxyl groups excluding tert-OH is 1. The van der Waals surface area contributed by atoms with Gasteiger partial charge in [-0.1, -0.05) is 44.2 Å². The summed E-state index contributed by atoms with van der Waals surface area (Å²) in [7, 11) is 0. The number of hydrogen-bond donors (Lipinski definition) is 2. The Hall–Kier alpha value is -2.24. The summed E-state index contributed by atoms with van der Waals surface area (Å²) in [4.78, 5) is 8.71. The molecule has 2 aromatic heterocycles. The molecule has 0 amide bonds. The molecule has 0 radical (unpaired) electrons.